The predicted octanol–water partition coefficient (Wildman–Crippen LogP) is 2.86. The molecule has 1 heterocycles. The zero-order valence-electron chi connectivity index (χ0n) is 12.1. The van der Waals surface area contributed by atoms with Gasteiger partial charge in [-0.05, 0) is 44.7 Å². The van der Waals surface area contributed by atoms with Crippen LogP contribution in [0.2, 0.25) is 0 Å². The van der Waals surface area contributed by atoms with Crippen molar-refractivity contribution in [3.8, 4) is 0 Å². The molecule has 1 aromatic rings. The fourth-order valence-electron chi connectivity index (χ4n) is 2.05. The largest absolute Gasteiger partial charge is 0.466 e. The first-order valence-corrected chi connectivity index (χ1v) is 7.93. The monoisotopic (exact) mass is 295 g/mol. The van der Waals surface area contributed by atoms with Crippen LogP contribution in [0, 0.1) is 12.8 Å². The Kier molecular flexibility index (Phi) is 5.17. The second kappa shape index (κ2) is 6.88. The molecular weight excluding hydrogens is 274 g/mol. The average Bonchev–Trinajstić information content (AvgIpc) is 3.13. The van der Waals surface area contributed by atoms with Crippen LogP contribution >= 0.6 is 11.3 Å². The summed E-state index contributed by atoms with van der Waals surface area (Å²) < 4.78 is 4.93. The molecule has 4 nitrogen and oxygen atoms in total. The number of carbonyl (C=O) groups excluding carboxylic acids is 2. The fourth-order valence-corrected chi connectivity index (χ4v) is 2.89. The zero-order valence-corrected chi connectivity index (χ0v) is 12.9. The van der Waals surface area contributed by atoms with E-state index in [0.717, 1.165) is 16.3 Å². The van der Waals surface area contributed by atoms with Crippen molar-refractivity contribution in [1.82, 2.24) is 4.90 Å². The molecule has 20 heavy (non-hydrogen) atoms. The van der Waals surface area contributed by atoms with Crippen molar-refractivity contribution in [2.45, 2.75) is 33.1 Å². The van der Waals surface area contributed by atoms with Crippen molar-refractivity contribution < 1.29 is 14.3 Å². The van der Waals surface area contributed by atoms with Crippen molar-refractivity contribution in [3.05, 3.63) is 21.9 Å². The summed E-state index contributed by atoms with van der Waals surface area (Å²) in [5.41, 5.74) is 0. The summed E-state index contributed by atoms with van der Waals surface area (Å²) >= 11 is 1.51. The molecular formula is C15H21NO3S. The molecule has 0 atom stereocenters. The lowest BCUT2D eigenvalue weighted by atomic mass is 10.3. The summed E-state index contributed by atoms with van der Waals surface area (Å²) in [6.07, 6.45) is 2.65. The topological polar surface area (TPSA) is 46.6 Å². The molecule has 5 heteroatoms. The van der Waals surface area contributed by atoms with Crippen LogP contribution in [0.1, 0.15) is 40.7 Å². The van der Waals surface area contributed by atoms with Gasteiger partial charge in [-0.25, -0.2) is 0 Å². The number of ether oxygens (including phenoxy) is 1. The van der Waals surface area contributed by atoms with Gasteiger partial charge in [0.1, 0.15) is 0 Å². The molecule has 0 bridgehead atoms. The lowest BCUT2D eigenvalue weighted by molar-refractivity contribution is -0.143. The molecule has 110 valence electrons. The van der Waals surface area contributed by atoms with E-state index in [0.29, 0.717) is 19.1 Å². The molecule has 0 radical (unpaired) electrons. The number of aryl methyl sites for hydroxylation is 1. The SMILES string of the molecule is CCOC(=O)CCN(CC1CC1)C(=O)c1ccc(C)s1. The molecule has 1 amide bonds. The van der Waals surface area contributed by atoms with Crippen LogP contribution in [0.3, 0.4) is 0 Å². The molecule has 0 spiro atoms. The van der Waals surface area contributed by atoms with Gasteiger partial charge >= 0.3 is 5.97 Å². The lowest BCUT2D eigenvalue weighted by Crippen LogP contribution is -2.34. The number of hydrogen-bond acceptors (Lipinski definition) is 4. The van der Waals surface area contributed by atoms with Gasteiger partial charge in [0, 0.05) is 18.0 Å². The average molecular weight is 295 g/mol. The summed E-state index contributed by atoms with van der Waals surface area (Å²) in [6.45, 7) is 5.38. The van der Waals surface area contributed by atoms with Crippen molar-refractivity contribution in [1.29, 1.82) is 0 Å². The molecule has 0 unspecified atom stereocenters. The first-order valence-electron chi connectivity index (χ1n) is 7.11. The Hall–Kier alpha value is -1.36. The van der Waals surface area contributed by atoms with Gasteiger partial charge in [0.25, 0.3) is 5.91 Å². The molecule has 0 aromatic carbocycles. The highest BCUT2D eigenvalue weighted by atomic mass is 32.1. The minimum absolute atomic E-state index is 0.0410. The van der Waals surface area contributed by atoms with Crippen molar-refractivity contribution >= 4 is 23.2 Å². The smallest absolute Gasteiger partial charge is 0.307 e. The second-order valence-corrected chi connectivity index (χ2v) is 6.45. The van der Waals surface area contributed by atoms with Gasteiger partial charge in [0.15, 0.2) is 0 Å². The third-order valence-electron chi connectivity index (χ3n) is 3.31. The Morgan fingerprint density at radius 3 is 2.70 bits per heavy atom. The minimum Gasteiger partial charge on any atom is -0.466 e. The van der Waals surface area contributed by atoms with E-state index in [1.807, 2.05) is 19.1 Å². The second-order valence-electron chi connectivity index (χ2n) is 5.16. The van der Waals surface area contributed by atoms with Crippen LogP contribution in [0.5, 0.6) is 0 Å². The van der Waals surface area contributed by atoms with Gasteiger partial charge in [0.05, 0.1) is 17.9 Å². The zero-order chi connectivity index (χ0) is 14.5. The van der Waals surface area contributed by atoms with E-state index in [1.54, 1.807) is 11.8 Å². The number of amides is 1. The van der Waals surface area contributed by atoms with Gasteiger partial charge in [0.2, 0.25) is 0 Å². The molecule has 1 fully saturated rings. The summed E-state index contributed by atoms with van der Waals surface area (Å²) in [5, 5.41) is 0. The molecule has 0 aliphatic heterocycles. The van der Waals surface area contributed by atoms with Crippen molar-refractivity contribution in [3.63, 3.8) is 0 Å². The van der Waals surface area contributed by atoms with E-state index in [2.05, 4.69) is 0 Å². The number of esters is 1. The van der Waals surface area contributed by atoms with Crippen molar-refractivity contribution in [2.24, 2.45) is 5.92 Å². The fraction of sp³-hybridized carbons (Fsp3) is 0.600. The van der Waals surface area contributed by atoms with Crippen LogP contribution in [0.25, 0.3) is 0 Å². The molecule has 1 aromatic heterocycles. The van der Waals surface area contributed by atoms with E-state index in [-0.39, 0.29) is 18.3 Å². The lowest BCUT2D eigenvalue weighted by Gasteiger charge is -2.21. The Morgan fingerprint density at radius 1 is 1.40 bits per heavy atom. The highest BCUT2D eigenvalue weighted by molar-refractivity contribution is 7.13. The summed E-state index contributed by atoms with van der Waals surface area (Å²) in [4.78, 5) is 27.6. The molecule has 0 saturated heterocycles. The van der Waals surface area contributed by atoms with Crippen molar-refractivity contribution in [2.75, 3.05) is 19.7 Å². The van der Waals surface area contributed by atoms with Crippen LogP contribution in [-0.2, 0) is 9.53 Å². The number of nitrogens with zero attached hydrogens (tertiary/aromatic N) is 1. The first-order chi connectivity index (χ1) is 9.60. The molecule has 2 rings (SSSR count). The van der Waals surface area contributed by atoms with Gasteiger partial charge in [-0.2, -0.15) is 0 Å². The van der Waals surface area contributed by atoms with Gasteiger partial charge in [-0.1, -0.05) is 0 Å². The summed E-state index contributed by atoms with van der Waals surface area (Å²) in [5.74, 6) is 0.421. The molecule has 0 N–H and O–H groups in total. The predicted molar refractivity (Wildman–Crippen MR) is 78.9 cm³/mol. The molecule has 1 saturated carbocycles. The summed E-state index contributed by atoms with van der Waals surface area (Å²) in [7, 11) is 0. The molecule has 1 aliphatic carbocycles. The third kappa shape index (κ3) is 4.34. The summed E-state index contributed by atoms with van der Waals surface area (Å²) in [6, 6.07) is 3.82. The molecule has 1 aliphatic rings. The van der Waals surface area contributed by atoms with Crippen LogP contribution in [0.15, 0.2) is 12.1 Å². The van der Waals surface area contributed by atoms with Crippen LogP contribution in [0.4, 0.5) is 0 Å². The Bertz CT molecular complexity index is 479. The van der Waals surface area contributed by atoms with E-state index in [9.17, 15) is 9.59 Å². The first kappa shape index (κ1) is 15.0. The standard InChI is InChI=1S/C15H21NO3S/c1-3-19-14(17)8-9-16(10-12-5-6-12)15(18)13-7-4-11(2)20-13/h4,7,12H,3,5-6,8-10H2,1-2H3. The van der Waals surface area contributed by atoms with E-state index in [1.165, 1.54) is 24.2 Å². The van der Waals surface area contributed by atoms with E-state index in [4.69, 9.17) is 4.74 Å². The maximum Gasteiger partial charge on any atom is 0.307 e. The maximum absolute atomic E-state index is 12.5. The van der Waals surface area contributed by atoms with E-state index >= 15 is 0 Å². The Balaban J connectivity index is 1.95. The minimum atomic E-state index is -0.233. The Morgan fingerprint density at radius 2 is 2.15 bits per heavy atom. The highest BCUT2D eigenvalue weighted by Crippen LogP contribution is 2.30. The number of rotatable bonds is 7. The van der Waals surface area contributed by atoms with Gasteiger partial charge < -0.3 is 9.64 Å². The third-order valence-corrected chi connectivity index (χ3v) is 4.29. The number of thiophene rings is 1. The van der Waals surface area contributed by atoms with E-state index < -0.39 is 0 Å². The Labute approximate surface area is 123 Å². The van der Waals surface area contributed by atoms with Gasteiger partial charge in [-0.3, -0.25) is 9.59 Å². The highest BCUT2D eigenvalue weighted by Gasteiger charge is 2.28. The maximum atomic E-state index is 12.5. The van der Waals surface area contributed by atoms with Crippen LogP contribution in [-0.4, -0.2) is 36.5 Å². The van der Waals surface area contributed by atoms with Gasteiger partial charge in [-0.15, -0.1) is 11.3 Å². The number of hydrogen-bond donors (Lipinski definition) is 0. The number of carbonyl (C=O) groups is 2. The normalized spacial score (nSPS) is 14.1. The quantitative estimate of drug-likeness (QED) is 0.727. The van der Waals surface area contributed by atoms with Crippen LogP contribution < -0.4 is 0 Å².